The summed E-state index contributed by atoms with van der Waals surface area (Å²) in [6.07, 6.45) is 9.80. The molecule has 0 amide bonds. The standard InChI is InChI=1S/C17H28N4S/c1-13-16(22-14(2)21-13)10-12-20-17(18-3)19-11-9-15-7-5-4-6-8-15/h7H,4-6,8-12H2,1-3H3,(H2,18,19,20). The third-order valence-electron chi connectivity index (χ3n) is 3.99. The zero-order chi connectivity index (χ0) is 15.8. The SMILES string of the molecule is CN=C(NCCC1=CCCCC1)NCCc1sc(C)nc1C. The minimum Gasteiger partial charge on any atom is -0.356 e. The Labute approximate surface area is 138 Å². The van der Waals surface area contributed by atoms with E-state index in [0.29, 0.717) is 0 Å². The van der Waals surface area contributed by atoms with Crippen molar-refractivity contribution in [2.45, 2.75) is 52.4 Å². The van der Waals surface area contributed by atoms with E-state index < -0.39 is 0 Å². The van der Waals surface area contributed by atoms with Gasteiger partial charge in [0.05, 0.1) is 10.7 Å². The van der Waals surface area contributed by atoms with Gasteiger partial charge in [-0.1, -0.05) is 11.6 Å². The zero-order valence-corrected chi connectivity index (χ0v) is 14.9. The number of nitrogens with zero attached hydrogens (tertiary/aromatic N) is 2. The smallest absolute Gasteiger partial charge is 0.190 e. The molecule has 2 N–H and O–H groups in total. The summed E-state index contributed by atoms with van der Waals surface area (Å²) in [7, 11) is 1.83. The molecule has 1 aliphatic rings. The largest absolute Gasteiger partial charge is 0.356 e. The monoisotopic (exact) mass is 320 g/mol. The quantitative estimate of drug-likeness (QED) is 0.480. The third kappa shape index (κ3) is 5.44. The second-order valence-electron chi connectivity index (χ2n) is 5.78. The van der Waals surface area contributed by atoms with Crippen LogP contribution < -0.4 is 10.6 Å². The van der Waals surface area contributed by atoms with E-state index in [2.05, 4.69) is 40.5 Å². The molecule has 0 aliphatic heterocycles. The highest BCUT2D eigenvalue weighted by atomic mass is 32.1. The van der Waals surface area contributed by atoms with Crippen LogP contribution in [-0.4, -0.2) is 31.1 Å². The van der Waals surface area contributed by atoms with Crippen molar-refractivity contribution < 1.29 is 0 Å². The van der Waals surface area contributed by atoms with Crippen LogP contribution in [0.4, 0.5) is 0 Å². The number of hydrogen-bond acceptors (Lipinski definition) is 3. The van der Waals surface area contributed by atoms with E-state index in [-0.39, 0.29) is 0 Å². The number of guanidine groups is 1. The maximum absolute atomic E-state index is 4.47. The molecule has 1 aliphatic carbocycles. The fraction of sp³-hybridized carbons (Fsp3) is 0.647. The minimum absolute atomic E-state index is 0.894. The first-order valence-corrected chi connectivity index (χ1v) is 9.06. The van der Waals surface area contributed by atoms with Crippen molar-refractivity contribution in [3.05, 3.63) is 27.2 Å². The van der Waals surface area contributed by atoms with Gasteiger partial charge >= 0.3 is 0 Å². The maximum atomic E-state index is 4.47. The number of thiazole rings is 1. The third-order valence-corrected chi connectivity index (χ3v) is 5.12. The lowest BCUT2D eigenvalue weighted by Crippen LogP contribution is -2.38. The molecule has 122 valence electrons. The Morgan fingerprint density at radius 2 is 2.00 bits per heavy atom. The molecule has 0 unspecified atom stereocenters. The van der Waals surface area contributed by atoms with Gasteiger partial charge in [-0.15, -0.1) is 11.3 Å². The first-order valence-electron chi connectivity index (χ1n) is 8.24. The summed E-state index contributed by atoms with van der Waals surface area (Å²) < 4.78 is 0. The predicted molar refractivity (Wildman–Crippen MR) is 95.8 cm³/mol. The molecular formula is C17H28N4S. The lowest BCUT2D eigenvalue weighted by molar-refractivity contribution is 0.665. The van der Waals surface area contributed by atoms with E-state index in [1.807, 2.05) is 7.05 Å². The van der Waals surface area contributed by atoms with Crippen LogP contribution in [-0.2, 0) is 6.42 Å². The van der Waals surface area contributed by atoms with Crippen LogP contribution in [0.25, 0.3) is 0 Å². The lowest BCUT2D eigenvalue weighted by Gasteiger charge is -2.15. The van der Waals surface area contributed by atoms with Crippen molar-refractivity contribution in [3.63, 3.8) is 0 Å². The zero-order valence-electron chi connectivity index (χ0n) is 14.0. The topological polar surface area (TPSA) is 49.3 Å². The van der Waals surface area contributed by atoms with Gasteiger partial charge in [0.15, 0.2) is 5.96 Å². The van der Waals surface area contributed by atoms with Crippen molar-refractivity contribution >= 4 is 17.3 Å². The number of aliphatic imine (C=N–C) groups is 1. The molecule has 0 saturated heterocycles. The summed E-state index contributed by atoms with van der Waals surface area (Å²) in [6.45, 7) is 6.01. The molecule has 5 heteroatoms. The maximum Gasteiger partial charge on any atom is 0.190 e. The Hall–Kier alpha value is -1.36. The average molecular weight is 321 g/mol. The van der Waals surface area contributed by atoms with Crippen LogP contribution in [0.2, 0.25) is 0 Å². The number of nitrogens with one attached hydrogen (secondary N) is 2. The lowest BCUT2D eigenvalue weighted by atomic mass is 9.97. The first-order chi connectivity index (χ1) is 10.7. The summed E-state index contributed by atoms with van der Waals surface area (Å²) in [5.41, 5.74) is 2.77. The van der Waals surface area contributed by atoms with Gasteiger partial charge < -0.3 is 10.6 Å². The van der Waals surface area contributed by atoms with Crippen LogP contribution >= 0.6 is 11.3 Å². The highest BCUT2D eigenvalue weighted by Crippen LogP contribution is 2.19. The second-order valence-corrected chi connectivity index (χ2v) is 7.06. The molecule has 0 aromatic carbocycles. The molecule has 0 atom stereocenters. The Morgan fingerprint density at radius 3 is 2.59 bits per heavy atom. The van der Waals surface area contributed by atoms with E-state index in [1.54, 1.807) is 16.9 Å². The average Bonchev–Trinajstić information content (AvgIpc) is 2.84. The van der Waals surface area contributed by atoms with Crippen molar-refractivity contribution in [2.24, 2.45) is 4.99 Å². The molecule has 0 fully saturated rings. The molecule has 4 nitrogen and oxygen atoms in total. The summed E-state index contributed by atoms with van der Waals surface area (Å²) in [6, 6.07) is 0. The van der Waals surface area contributed by atoms with E-state index in [0.717, 1.165) is 42.6 Å². The molecule has 22 heavy (non-hydrogen) atoms. The van der Waals surface area contributed by atoms with Gasteiger partial charge in [0, 0.05) is 31.4 Å². The summed E-state index contributed by atoms with van der Waals surface area (Å²) in [4.78, 5) is 10.1. The van der Waals surface area contributed by atoms with Crippen molar-refractivity contribution in [1.29, 1.82) is 0 Å². The fourth-order valence-corrected chi connectivity index (χ4v) is 3.73. The van der Waals surface area contributed by atoms with Gasteiger partial charge in [0.2, 0.25) is 0 Å². The minimum atomic E-state index is 0.894. The molecule has 0 spiro atoms. The Balaban J connectivity index is 1.66. The Morgan fingerprint density at radius 1 is 1.23 bits per heavy atom. The van der Waals surface area contributed by atoms with Crippen molar-refractivity contribution in [2.75, 3.05) is 20.1 Å². The number of rotatable bonds is 6. The van der Waals surface area contributed by atoms with Gasteiger partial charge in [0.25, 0.3) is 0 Å². The summed E-state index contributed by atoms with van der Waals surface area (Å²) in [5, 5.41) is 7.95. The van der Waals surface area contributed by atoms with Crippen molar-refractivity contribution in [1.82, 2.24) is 15.6 Å². The molecule has 2 rings (SSSR count). The van der Waals surface area contributed by atoms with Crippen molar-refractivity contribution in [3.8, 4) is 0 Å². The van der Waals surface area contributed by atoms with E-state index in [4.69, 9.17) is 0 Å². The Kier molecular flexibility index (Phi) is 6.90. The fourth-order valence-electron chi connectivity index (χ4n) is 2.79. The van der Waals surface area contributed by atoms with Crippen LogP contribution in [0.15, 0.2) is 16.6 Å². The highest BCUT2D eigenvalue weighted by Gasteiger charge is 2.06. The molecule has 1 aromatic heterocycles. The number of aryl methyl sites for hydroxylation is 2. The molecule has 0 radical (unpaired) electrons. The number of hydrogen-bond donors (Lipinski definition) is 2. The highest BCUT2D eigenvalue weighted by molar-refractivity contribution is 7.11. The van der Waals surface area contributed by atoms with E-state index in [9.17, 15) is 0 Å². The Bertz CT molecular complexity index is 531. The molecule has 1 aromatic rings. The van der Waals surface area contributed by atoms with Crippen LogP contribution in [0.1, 0.15) is 47.7 Å². The molecule has 0 bridgehead atoms. The van der Waals surface area contributed by atoms with E-state index in [1.165, 1.54) is 30.6 Å². The molecule has 0 saturated carbocycles. The van der Waals surface area contributed by atoms with Gasteiger partial charge in [-0.3, -0.25) is 4.99 Å². The molecule has 1 heterocycles. The van der Waals surface area contributed by atoms with Crippen LogP contribution in [0, 0.1) is 13.8 Å². The first kappa shape index (κ1) is 17.0. The van der Waals surface area contributed by atoms with Gasteiger partial charge in [-0.05, 0) is 46.0 Å². The van der Waals surface area contributed by atoms with Gasteiger partial charge in [0.1, 0.15) is 0 Å². The second kappa shape index (κ2) is 8.93. The number of allylic oxidation sites excluding steroid dienone is 1. The molecular weight excluding hydrogens is 292 g/mol. The van der Waals surface area contributed by atoms with E-state index >= 15 is 0 Å². The van der Waals surface area contributed by atoms with Crippen LogP contribution in [0.5, 0.6) is 0 Å². The van der Waals surface area contributed by atoms with Gasteiger partial charge in [-0.2, -0.15) is 0 Å². The number of aromatic nitrogens is 1. The van der Waals surface area contributed by atoms with Crippen LogP contribution in [0.3, 0.4) is 0 Å². The summed E-state index contributed by atoms with van der Waals surface area (Å²) >= 11 is 1.79. The van der Waals surface area contributed by atoms with Gasteiger partial charge in [-0.25, -0.2) is 4.98 Å². The summed E-state index contributed by atoms with van der Waals surface area (Å²) in [5.74, 6) is 0.898. The normalized spacial score (nSPS) is 15.6. The predicted octanol–water partition coefficient (Wildman–Crippen LogP) is 3.36.